The maximum absolute atomic E-state index is 13.7. The quantitative estimate of drug-likeness (QED) is 0.888. The largest absolute Gasteiger partial charge is 0.484 e. The van der Waals surface area contributed by atoms with Gasteiger partial charge < -0.3 is 15.0 Å². The standard InChI is InChI=1S/C20H23FN2O2/c1-15-6-5-7-17(12-15)25-14-20(24)22-18-13-16(21)8-9-19(18)23-10-3-2-4-11-23/h5-9,12-13H,2-4,10-11,14H2,1H3,(H,22,24). The highest BCUT2D eigenvalue weighted by Gasteiger charge is 2.16. The Morgan fingerprint density at radius 2 is 1.96 bits per heavy atom. The molecule has 5 heteroatoms. The van der Waals surface area contributed by atoms with Gasteiger partial charge in [-0.2, -0.15) is 0 Å². The number of anilines is 2. The predicted molar refractivity (Wildman–Crippen MR) is 97.8 cm³/mol. The molecular weight excluding hydrogens is 319 g/mol. The Bertz CT molecular complexity index is 742. The third kappa shape index (κ3) is 4.72. The van der Waals surface area contributed by atoms with E-state index < -0.39 is 0 Å². The molecule has 0 bridgehead atoms. The van der Waals surface area contributed by atoms with Gasteiger partial charge in [0, 0.05) is 13.1 Å². The van der Waals surface area contributed by atoms with Crippen molar-refractivity contribution in [2.24, 2.45) is 0 Å². The molecule has 0 radical (unpaired) electrons. The molecule has 4 nitrogen and oxygen atoms in total. The molecule has 1 heterocycles. The van der Waals surface area contributed by atoms with Crippen LogP contribution < -0.4 is 15.0 Å². The van der Waals surface area contributed by atoms with Gasteiger partial charge in [0.1, 0.15) is 11.6 Å². The molecule has 1 saturated heterocycles. The lowest BCUT2D eigenvalue weighted by atomic mass is 10.1. The number of nitrogens with zero attached hydrogens (tertiary/aromatic N) is 1. The molecule has 0 aliphatic carbocycles. The molecule has 0 atom stereocenters. The van der Waals surface area contributed by atoms with Crippen LogP contribution in [0.4, 0.5) is 15.8 Å². The van der Waals surface area contributed by atoms with Crippen molar-refractivity contribution in [3.05, 3.63) is 53.8 Å². The van der Waals surface area contributed by atoms with E-state index in [0.717, 1.165) is 37.2 Å². The van der Waals surface area contributed by atoms with Gasteiger partial charge in [0.15, 0.2) is 6.61 Å². The molecule has 132 valence electrons. The van der Waals surface area contributed by atoms with Crippen LogP contribution in [0.15, 0.2) is 42.5 Å². The third-order valence-corrected chi connectivity index (χ3v) is 4.29. The highest BCUT2D eigenvalue weighted by atomic mass is 19.1. The summed E-state index contributed by atoms with van der Waals surface area (Å²) >= 11 is 0. The number of carbonyl (C=O) groups excluding carboxylic acids is 1. The van der Waals surface area contributed by atoms with E-state index in [1.54, 1.807) is 6.07 Å². The molecule has 0 unspecified atom stereocenters. The Hall–Kier alpha value is -2.56. The fourth-order valence-corrected chi connectivity index (χ4v) is 3.06. The van der Waals surface area contributed by atoms with Gasteiger partial charge in [0.2, 0.25) is 0 Å². The zero-order valence-electron chi connectivity index (χ0n) is 14.4. The maximum atomic E-state index is 13.7. The Morgan fingerprint density at radius 3 is 2.72 bits per heavy atom. The van der Waals surface area contributed by atoms with Crippen LogP contribution in [0.25, 0.3) is 0 Å². The van der Waals surface area contributed by atoms with Gasteiger partial charge >= 0.3 is 0 Å². The lowest BCUT2D eigenvalue weighted by Crippen LogP contribution is -2.31. The maximum Gasteiger partial charge on any atom is 0.262 e. The van der Waals surface area contributed by atoms with E-state index in [2.05, 4.69) is 10.2 Å². The molecular formula is C20H23FN2O2. The van der Waals surface area contributed by atoms with Crippen molar-refractivity contribution in [2.45, 2.75) is 26.2 Å². The van der Waals surface area contributed by atoms with E-state index in [1.807, 2.05) is 31.2 Å². The van der Waals surface area contributed by atoms with Crippen molar-refractivity contribution in [3.63, 3.8) is 0 Å². The van der Waals surface area contributed by atoms with Crippen LogP contribution >= 0.6 is 0 Å². The zero-order chi connectivity index (χ0) is 17.6. The van der Waals surface area contributed by atoms with E-state index in [1.165, 1.54) is 18.6 Å². The molecule has 2 aromatic rings. The SMILES string of the molecule is Cc1cccc(OCC(=O)Nc2cc(F)ccc2N2CCCCC2)c1. The number of halogens is 1. The Balaban J connectivity index is 1.66. The Morgan fingerprint density at radius 1 is 1.16 bits per heavy atom. The van der Waals surface area contributed by atoms with Gasteiger partial charge in [-0.25, -0.2) is 4.39 Å². The highest BCUT2D eigenvalue weighted by molar-refractivity contribution is 5.95. The fraction of sp³-hybridized carbons (Fsp3) is 0.350. The van der Waals surface area contributed by atoms with Crippen molar-refractivity contribution in [1.82, 2.24) is 0 Å². The lowest BCUT2D eigenvalue weighted by Gasteiger charge is -2.30. The topological polar surface area (TPSA) is 41.6 Å². The first-order valence-electron chi connectivity index (χ1n) is 8.65. The molecule has 3 rings (SSSR count). The predicted octanol–water partition coefficient (Wildman–Crippen LogP) is 4.14. The first-order chi connectivity index (χ1) is 12.1. The molecule has 0 spiro atoms. The second-order valence-electron chi connectivity index (χ2n) is 6.36. The molecule has 1 N–H and O–H groups in total. The first-order valence-corrected chi connectivity index (χ1v) is 8.65. The number of ether oxygens (including phenoxy) is 1. The van der Waals surface area contributed by atoms with Crippen LogP contribution in [0.2, 0.25) is 0 Å². The van der Waals surface area contributed by atoms with Crippen molar-refractivity contribution >= 4 is 17.3 Å². The van der Waals surface area contributed by atoms with Gasteiger partial charge in [-0.1, -0.05) is 12.1 Å². The second kappa shape index (κ2) is 8.01. The second-order valence-corrected chi connectivity index (χ2v) is 6.36. The lowest BCUT2D eigenvalue weighted by molar-refractivity contribution is -0.118. The van der Waals surface area contributed by atoms with E-state index in [4.69, 9.17) is 4.74 Å². The number of carbonyl (C=O) groups is 1. The van der Waals surface area contributed by atoms with Gasteiger partial charge in [-0.15, -0.1) is 0 Å². The monoisotopic (exact) mass is 342 g/mol. The molecule has 1 aliphatic heterocycles. The number of nitrogens with one attached hydrogen (secondary N) is 1. The van der Waals surface area contributed by atoms with E-state index in [0.29, 0.717) is 11.4 Å². The highest BCUT2D eigenvalue weighted by Crippen LogP contribution is 2.29. The van der Waals surface area contributed by atoms with Crippen LogP contribution in [0.1, 0.15) is 24.8 Å². The molecule has 0 aromatic heterocycles. The number of hydrogen-bond donors (Lipinski definition) is 1. The summed E-state index contributed by atoms with van der Waals surface area (Å²) in [6, 6.07) is 12.1. The van der Waals surface area contributed by atoms with Gasteiger partial charge in [-0.05, 0) is 62.1 Å². The number of amides is 1. The summed E-state index contributed by atoms with van der Waals surface area (Å²) in [6.07, 6.45) is 3.44. The fourth-order valence-electron chi connectivity index (χ4n) is 3.06. The van der Waals surface area contributed by atoms with Crippen LogP contribution in [0, 0.1) is 12.7 Å². The van der Waals surface area contributed by atoms with E-state index >= 15 is 0 Å². The number of piperidine rings is 1. The average molecular weight is 342 g/mol. The minimum Gasteiger partial charge on any atom is -0.484 e. The van der Waals surface area contributed by atoms with Crippen LogP contribution in [0.5, 0.6) is 5.75 Å². The number of benzene rings is 2. The van der Waals surface area contributed by atoms with Gasteiger partial charge in [-0.3, -0.25) is 4.79 Å². The summed E-state index contributed by atoms with van der Waals surface area (Å²) in [4.78, 5) is 14.4. The third-order valence-electron chi connectivity index (χ3n) is 4.29. The minimum atomic E-state index is -0.365. The van der Waals surface area contributed by atoms with E-state index in [9.17, 15) is 9.18 Å². The van der Waals surface area contributed by atoms with Crippen LogP contribution in [-0.2, 0) is 4.79 Å². The van der Waals surface area contributed by atoms with E-state index in [-0.39, 0.29) is 18.3 Å². The Labute approximate surface area is 147 Å². The molecule has 1 fully saturated rings. The van der Waals surface area contributed by atoms with Gasteiger partial charge in [0.25, 0.3) is 5.91 Å². The number of hydrogen-bond acceptors (Lipinski definition) is 3. The van der Waals surface area contributed by atoms with Crippen molar-refractivity contribution in [1.29, 1.82) is 0 Å². The average Bonchev–Trinajstić information content (AvgIpc) is 2.61. The molecule has 1 amide bonds. The summed E-state index contributed by atoms with van der Waals surface area (Å²) in [5.41, 5.74) is 2.43. The summed E-state index contributed by atoms with van der Waals surface area (Å²) in [6.45, 7) is 3.70. The van der Waals surface area contributed by atoms with Crippen molar-refractivity contribution in [2.75, 3.05) is 29.9 Å². The minimum absolute atomic E-state index is 0.112. The summed E-state index contributed by atoms with van der Waals surface area (Å²) < 4.78 is 19.2. The number of aryl methyl sites for hydroxylation is 1. The van der Waals surface area contributed by atoms with Gasteiger partial charge in [0.05, 0.1) is 11.4 Å². The van der Waals surface area contributed by atoms with Crippen LogP contribution in [-0.4, -0.2) is 25.6 Å². The normalized spacial score (nSPS) is 14.2. The zero-order valence-corrected chi connectivity index (χ0v) is 14.4. The number of rotatable bonds is 5. The van der Waals surface area contributed by atoms with Crippen molar-refractivity contribution < 1.29 is 13.9 Å². The first kappa shape index (κ1) is 17.3. The molecule has 2 aromatic carbocycles. The molecule has 0 saturated carbocycles. The molecule has 1 aliphatic rings. The molecule has 25 heavy (non-hydrogen) atoms. The van der Waals surface area contributed by atoms with Crippen molar-refractivity contribution in [3.8, 4) is 5.75 Å². The summed E-state index contributed by atoms with van der Waals surface area (Å²) in [7, 11) is 0. The summed E-state index contributed by atoms with van der Waals surface area (Å²) in [5, 5.41) is 2.79. The summed E-state index contributed by atoms with van der Waals surface area (Å²) in [5.74, 6) is -0.0216. The Kier molecular flexibility index (Phi) is 5.53. The smallest absolute Gasteiger partial charge is 0.262 e. The van der Waals surface area contributed by atoms with Crippen LogP contribution in [0.3, 0.4) is 0 Å².